The Labute approximate surface area is 258 Å². The molecule has 0 spiro atoms. The molecule has 1 aliphatic rings. The second-order valence-electron chi connectivity index (χ2n) is 11.5. The van der Waals surface area contributed by atoms with Crippen LogP contribution in [-0.4, -0.2) is 0 Å². The molecule has 0 aliphatic heterocycles. The third kappa shape index (κ3) is 6.88. The van der Waals surface area contributed by atoms with E-state index in [9.17, 15) is 30.7 Å². The molecule has 1 nitrogen and oxygen atoms in total. The molecule has 0 atom stereocenters. The number of benzene rings is 4. The normalized spacial score (nSPS) is 16.9. The van der Waals surface area contributed by atoms with E-state index in [1.807, 2.05) is 0 Å². The quantitative estimate of drug-likeness (QED) is 0.129. The first-order valence-electron chi connectivity index (χ1n) is 14.8. The highest BCUT2D eigenvalue weighted by molar-refractivity contribution is 5.72. The molecule has 1 fully saturated rings. The molecule has 11 heteroatoms. The number of hydrogen-bond donors (Lipinski definition) is 0. The Hall–Kier alpha value is -4.02. The molecule has 0 radical (unpaired) electrons. The van der Waals surface area contributed by atoms with Crippen LogP contribution in [0.4, 0.5) is 43.9 Å². The van der Waals surface area contributed by atoms with Crippen LogP contribution in [-0.2, 0) is 6.11 Å². The zero-order valence-corrected chi connectivity index (χ0v) is 24.5. The predicted octanol–water partition coefficient (Wildman–Crippen LogP) is 11.7. The van der Waals surface area contributed by atoms with Crippen molar-refractivity contribution in [2.45, 2.75) is 63.9 Å². The Morgan fingerprint density at radius 3 is 1.76 bits per heavy atom. The van der Waals surface area contributed by atoms with Crippen LogP contribution in [0.25, 0.3) is 22.3 Å². The molecular formula is C35H28F10O. The minimum Gasteiger partial charge on any atom is -0.429 e. The van der Waals surface area contributed by atoms with Crippen molar-refractivity contribution >= 4 is 0 Å². The van der Waals surface area contributed by atoms with E-state index in [0.29, 0.717) is 5.92 Å². The van der Waals surface area contributed by atoms with E-state index in [2.05, 4.69) is 11.7 Å². The predicted molar refractivity (Wildman–Crippen MR) is 152 cm³/mol. The molecule has 0 aromatic heterocycles. The molecule has 1 saturated carbocycles. The Kier molecular flexibility index (Phi) is 9.70. The Bertz CT molecular complexity index is 1670. The molecule has 4 aromatic carbocycles. The average Bonchev–Trinajstić information content (AvgIpc) is 2.98. The molecule has 0 saturated heterocycles. The number of ether oxygens (including phenoxy) is 1. The van der Waals surface area contributed by atoms with Crippen molar-refractivity contribution in [2.24, 2.45) is 5.92 Å². The van der Waals surface area contributed by atoms with Crippen LogP contribution in [0.15, 0.2) is 54.6 Å². The molecular weight excluding hydrogens is 626 g/mol. The van der Waals surface area contributed by atoms with Crippen molar-refractivity contribution < 1.29 is 48.6 Å². The summed E-state index contributed by atoms with van der Waals surface area (Å²) in [6.07, 6.45) is 2.53. The van der Waals surface area contributed by atoms with E-state index in [0.717, 1.165) is 49.8 Å². The van der Waals surface area contributed by atoms with Gasteiger partial charge in [0.2, 0.25) is 0 Å². The van der Waals surface area contributed by atoms with Crippen LogP contribution < -0.4 is 4.74 Å². The van der Waals surface area contributed by atoms with Crippen molar-refractivity contribution in [3.05, 3.63) is 112 Å². The Morgan fingerprint density at radius 1 is 0.652 bits per heavy atom. The van der Waals surface area contributed by atoms with E-state index in [1.54, 1.807) is 6.07 Å². The monoisotopic (exact) mass is 654 g/mol. The summed E-state index contributed by atoms with van der Waals surface area (Å²) in [7, 11) is 0. The molecule has 0 N–H and O–H groups in total. The number of alkyl halides is 2. The number of unbranched alkanes of at least 4 members (excludes halogenated alkanes) is 1. The van der Waals surface area contributed by atoms with Crippen molar-refractivity contribution in [1.82, 2.24) is 0 Å². The summed E-state index contributed by atoms with van der Waals surface area (Å²) in [5, 5.41) is 0. The number of hydrogen-bond acceptors (Lipinski definition) is 1. The van der Waals surface area contributed by atoms with Gasteiger partial charge in [-0.1, -0.05) is 38.3 Å². The van der Waals surface area contributed by atoms with Crippen LogP contribution in [0.1, 0.15) is 68.9 Å². The summed E-state index contributed by atoms with van der Waals surface area (Å²) < 4.78 is 149. The van der Waals surface area contributed by atoms with Gasteiger partial charge in [-0.05, 0) is 84.5 Å². The van der Waals surface area contributed by atoms with E-state index in [1.165, 1.54) is 25.0 Å². The fraction of sp³-hybridized carbons (Fsp3) is 0.314. The standard InChI is InChI=1S/C35H28F10O/c1-2-3-4-18-5-7-19(8-6-18)20-9-10-24(25(36)11-20)21-12-26(37)32(27(38)13-21)22-14-28(39)33(29(40)15-22)35(44,45)46-23-16-30(41)34(43)31(42)17-23/h9-19H,2-8H2,1H3. The maximum absolute atomic E-state index is 15.2. The smallest absolute Gasteiger partial charge is 0.429 e. The van der Waals surface area contributed by atoms with Crippen molar-refractivity contribution in [1.29, 1.82) is 0 Å². The lowest BCUT2D eigenvalue weighted by molar-refractivity contribution is -0.189. The SMILES string of the molecule is CCCCC1CCC(c2ccc(-c3cc(F)c(-c4cc(F)c(C(F)(F)Oc5cc(F)c(F)c(F)c5)c(F)c4)c(F)c3)c(F)c2)CC1. The van der Waals surface area contributed by atoms with E-state index in [-0.39, 0.29) is 41.3 Å². The van der Waals surface area contributed by atoms with E-state index >= 15 is 13.2 Å². The first kappa shape index (κ1) is 33.3. The maximum atomic E-state index is 15.2. The van der Waals surface area contributed by atoms with Crippen LogP contribution in [0.5, 0.6) is 5.75 Å². The molecule has 0 amide bonds. The van der Waals surface area contributed by atoms with Crippen LogP contribution in [0, 0.1) is 52.5 Å². The van der Waals surface area contributed by atoms with Gasteiger partial charge < -0.3 is 4.74 Å². The van der Waals surface area contributed by atoms with Gasteiger partial charge in [0.05, 0.1) is 5.56 Å². The fourth-order valence-corrected chi connectivity index (χ4v) is 6.09. The van der Waals surface area contributed by atoms with Gasteiger partial charge in [-0.15, -0.1) is 0 Å². The lowest BCUT2D eigenvalue weighted by Crippen LogP contribution is -2.25. The van der Waals surface area contributed by atoms with Crippen molar-refractivity contribution in [2.75, 3.05) is 0 Å². The number of rotatable bonds is 9. The first-order chi connectivity index (χ1) is 21.8. The molecule has 1 aliphatic carbocycles. The van der Waals surface area contributed by atoms with Gasteiger partial charge >= 0.3 is 6.11 Å². The fourth-order valence-electron chi connectivity index (χ4n) is 6.09. The first-order valence-corrected chi connectivity index (χ1v) is 14.8. The zero-order valence-electron chi connectivity index (χ0n) is 24.5. The minimum absolute atomic E-state index is 0.0404. The average molecular weight is 655 g/mol. The third-order valence-corrected chi connectivity index (χ3v) is 8.46. The van der Waals surface area contributed by atoms with Crippen molar-refractivity contribution in [3.63, 3.8) is 0 Å². The van der Waals surface area contributed by atoms with Gasteiger partial charge in [0, 0.05) is 17.7 Å². The van der Waals surface area contributed by atoms with Gasteiger partial charge in [0.15, 0.2) is 17.5 Å². The lowest BCUT2D eigenvalue weighted by Gasteiger charge is -2.29. The van der Waals surface area contributed by atoms with Crippen molar-refractivity contribution in [3.8, 4) is 28.0 Å². The number of halogens is 10. The summed E-state index contributed by atoms with van der Waals surface area (Å²) in [4.78, 5) is 0. The van der Waals surface area contributed by atoms with Crippen LogP contribution >= 0.6 is 0 Å². The van der Waals surface area contributed by atoms with Crippen LogP contribution in [0.3, 0.4) is 0 Å². The van der Waals surface area contributed by atoms with E-state index < -0.39 is 75.1 Å². The largest absolute Gasteiger partial charge is 0.432 e. The summed E-state index contributed by atoms with van der Waals surface area (Å²) >= 11 is 0. The van der Waals surface area contributed by atoms with Gasteiger partial charge in [0.1, 0.15) is 40.4 Å². The van der Waals surface area contributed by atoms with Gasteiger partial charge in [0.25, 0.3) is 0 Å². The Morgan fingerprint density at radius 2 is 1.22 bits per heavy atom. The highest BCUT2D eigenvalue weighted by Crippen LogP contribution is 2.41. The summed E-state index contributed by atoms with van der Waals surface area (Å²) in [6.45, 7) is 2.15. The summed E-state index contributed by atoms with van der Waals surface area (Å²) in [5.41, 5.74) is -3.33. The van der Waals surface area contributed by atoms with Gasteiger partial charge in [-0.25, -0.2) is 35.1 Å². The molecule has 0 bridgehead atoms. The topological polar surface area (TPSA) is 9.23 Å². The summed E-state index contributed by atoms with van der Waals surface area (Å²) in [5.74, 6) is -13.7. The molecule has 4 aromatic rings. The Balaban J connectivity index is 1.38. The summed E-state index contributed by atoms with van der Waals surface area (Å²) in [6, 6.07) is 6.50. The second kappa shape index (κ2) is 13.4. The maximum Gasteiger partial charge on any atom is 0.432 e. The molecule has 5 rings (SSSR count). The molecule has 0 heterocycles. The minimum atomic E-state index is -4.89. The zero-order chi connectivity index (χ0) is 33.3. The molecule has 0 unspecified atom stereocenters. The van der Waals surface area contributed by atoms with E-state index in [4.69, 9.17) is 0 Å². The van der Waals surface area contributed by atoms with Crippen LogP contribution in [0.2, 0.25) is 0 Å². The second-order valence-corrected chi connectivity index (χ2v) is 11.5. The highest BCUT2D eigenvalue weighted by Gasteiger charge is 2.42. The third-order valence-electron chi connectivity index (χ3n) is 8.46. The van der Waals surface area contributed by atoms with Gasteiger partial charge in [-0.3, -0.25) is 0 Å². The molecule has 244 valence electrons. The molecule has 46 heavy (non-hydrogen) atoms. The lowest BCUT2D eigenvalue weighted by atomic mass is 9.77. The highest BCUT2D eigenvalue weighted by atomic mass is 19.3. The van der Waals surface area contributed by atoms with Gasteiger partial charge in [-0.2, -0.15) is 8.78 Å².